The lowest BCUT2D eigenvalue weighted by Gasteiger charge is -2.28. The zero-order valence-corrected chi connectivity index (χ0v) is 9.96. The highest BCUT2D eigenvalue weighted by molar-refractivity contribution is 9.10. The van der Waals surface area contributed by atoms with Gasteiger partial charge in [-0.2, -0.15) is 0 Å². The van der Waals surface area contributed by atoms with E-state index in [1.807, 2.05) is 6.07 Å². The van der Waals surface area contributed by atoms with Crippen molar-refractivity contribution in [2.24, 2.45) is 5.73 Å². The predicted molar refractivity (Wildman–Crippen MR) is 62.3 cm³/mol. The molecule has 1 aliphatic rings. The zero-order chi connectivity index (χ0) is 10.8. The van der Waals surface area contributed by atoms with Crippen molar-refractivity contribution in [2.45, 2.75) is 13.0 Å². The molecule has 0 fully saturated rings. The Morgan fingerprint density at radius 2 is 2.33 bits per heavy atom. The number of nitrogens with zero attached hydrogens (tertiary/aromatic N) is 1. The molecule has 0 spiro atoms. The minimum absolute atomic E-state index is 0.256. The number of carbonyl (C=O) groups is 1. The Morgan fingerprint density at radius 1 is 1.53 bits per heavy atom. The summed E-state index contributed by atoms with van der Waals surface area (Å²) < 4.78 is 1.17. The molecule has 0 radical (unpaired) electrons. The fourth-order valence-electron chi connectivity index (χ4n) is 1.98. The summed E-state index contributed by atoms with van der Waals surface area (Å²) in [7, 11) is 0. The summed E-state index contributed by atoms with van der Waals surface area (Å²) in [6.07, 6.45) is 0.976. The van der Waals surface area contributed by atoms with Crippen molar-refractivity contribution in [1.82, 2.24) is 4.90 Å². The van der Waals surface area contributed by atoms with Gasteiger partial charge < -0.3 is 5.73 Å². The predicted octanol–water partition coefficient (Wildman–Crippen LogP) is 1.29. The van der Waals surface area contributed by atoms with Crippen molar-refractivity contribution in [2.75, 3.05) is 13.1 Å². The van der Waals surface area contributed by atoms with Crippen LogP contribution in [-0.2, 0) is 17.8 Å². The van der Waals surface area contributed by atoms with Gasteiger partial charge in [-0.25, -0.2) is 0 Å². The average molecular weight is 269 g/mol. The highest BCUT2D eigenvalue weighted by atomic mass is 79.9. The summed E-state index contributed by atoms with van der Waals surface area (Å²) in [5.74, 6) is -0.256. The van der Waals surface area contributed by atoms with Gasteiger partial charge in [-0.15, -0.1) is 0 Å². The molecular formula is C11H13BrN2O. The number of fused-ring (bicyclic) bond motifs is 1. The van der Waals surface area contributed by atoms with Gasteiger partial charge >= 0.3 is 0 Å². The van der Waals surface area contributed by atoms with Crippen LogP contribution < -0.4 is 5.73 Å². The number of benzene rings is 1. The third kappa shape index (κ3) is 2.38. The van der Waals surface area contributed by atoms with Gasteiger partial charge in [0.2, 0.25) is 5.91 Å². The van der Waals surface area contributed by atoms with Gasteiger partial charge in [-0.3, -0.25) is 9.69 Å². The van der Waals surface area contributed by atoms with E-state index in [0.717, 1.165) is 19.5 Å². The van der Waals surface area contributed by atoms with Crippen LogP contribution in [-0.4, -0.2) is 23.9 Å². The molecule has 1 amide bonds. The molecule has 80 valence electrons. The Balaban J connectivity index is 2.17. The van der Waals surface area contributed by atoms with E-state index in [2.05, 4.69) is 33.0 Å². The van der Waals surface area contributed by atoms with E-state index in [9.17, 15) is 4.79 Å². The van der Waals surface area contributed by atoms with Gasteiger partial charge in [0.1, 0.15) is 0 Å². The van der Waals surface area contributed by atoms with Gasteiger partial charge in [-0.1, -0.05) is 28.1 Å². The molecule has 3 nitrogen and oxygen atoms in total. The fourth-order valence-corrected chi connectivity index (χ4v) is 2.58. The first-order valence-electron chi connectivity index (χ1n) is 4.94. The van der Waals surface area contributed by atoms with Crippen molar-refractivity contribution in [3.8, 4) is 0 Å². The minimum Gasteiger partial charge on any atom is -0.369 e. The van der Waals surface area contributed by atoms with E-state index in [4.69, 9.17) is 5.73 Å². The first-order chi connectivity index (χ1) is 7.16. The molecule has 0 unspecified atom stereocenters. The lowest BCUT2D eigenvalue weighted by Crippen LogP contribution is -2.37. The fraction of sp³-hybridized carbons (Fsp3) is 0.364. The van der Waals surface area contributed by atoms with Crippen molar-refractivity contribution < 1.29 is 4.79 Å². The molecule has 0 aromatic heterocycles. The minimum atomic E-state index is -0.256. The quantitative estimate of drug-likeness (QED) is 0.879. The molecule has 1 heterocycles. The maximum absolute atomic E-state index is 10.8. The molecule has 2 N–H and O–H groups in total. The number of primary amides is 1. The Morgan fingerprint density at radius 3 is 3.07 bits per heavy atom. The van der Waals surface area contributed by atoms with Crippen LogP contribution in [0, 0.1) is 0 Å². The van der Waals surface area contributed by atoms with E-state index in [1.165, 1.54) is 15.6 Å². The molecule has 15 heavy (non-hydrogen) atoms. The van der Waals surface area contributed by atoms with Crippen molar-refractivity contribution in [3.05, 3.63) is 33.8 Å². The summed E-state index contributed by atoms with van der Waals surface area (Å²) in [5.41, 5.74) is 7.83. The molecule has 2 rings (SSSR count). The summed E-state index contributed by atoms with van der Waals surface area (Å²) in [5, 5.41) is 0. The van der Waals surface area contributed by atoms with E-state index in [0.29, 0.717) is 6.54 Å². The zero-order valence-electron chi connectivity index (χ0n) is 8.37. The van der Waals surface area contributed by atoms with E-state index in [1.54, 1.807) is 0 Å². The van der Waals surface area contributed by atoms with Crippen molar-refractivity contribution in [3.63, 3.8) is 0 Å². The maximum atomic E-state index is 10.8. The Bertz CT molecular complexity index is 392. The van der Waals surface area contributed by atoms with Crippen molar-refractivity contribution in [1.29, 1.82) is 0 Å². The first kappa shape index (κ1) is 10.6. The second-order valence-electron chi connectivity index (χ2n) is 3.80. The standard InChI is InChI=1S/C11H13BrN2O/c12-10-3-1-2-8-6-14(7-11(13)15)5-4-9(8)10/h1-3H,4-7H2,(H2,13,15). The van der Waals surface area contributed by atoms with Crippen LogP contribution in [0.1, 0.15) is 11.1 Å². The van der Waals surface area contributed by atoms with E-state index < -0.39 is 0 Å². The second kappa shape index (κ2) is 4.33. The number of hydrogen-bond acceptors (Lipinski definition) is 2. The Labute approximate surface area is 97.4 Å². The van der Waals surface area contributed by atoms with Crippen LogP contribution in [0.5, 0.6) is 0 Å². The molecule has 4 heteroatoms. The lowest BCUT2D eigenvalue weighted by molar-refractivity contribution is -0.119. The second-order valence-corrected chi connectivity index (χ2v) is 4.66. The topological polar surface area (TPSA) is 46.3 Å². The van der Waals surface area contributed by atoms with Crippen LogP contribution in [0.2, 0.25) is 0 Å². The molecule has 0 atom stereocenters. The third-order valence-electron chi connectivity index (χ3n) is 2.67. The largest absolute Gasteiger partial charge is 0.369 e. The number of halogens is 1. The van der Waals surface area contributed by atoms with Gasteiger partial charge in [0.05, 0.1) is 6.54 Å². The first-order valence-corrected chi connectivity index (χ1v) is 5.73. The summed E-state index contributed by atoms with van der Waals surface area (Å²) >= 11 is 3.54. The molecule has 1 aliphatic heterocycles. The summed E-state index contributed by atoms with van der Waals surface area (Å²) in [6.45, 7) is 2.07. The molecule has 1 aromatic rings. The normalized spacial score (nSPS) is 16.1. The van der Waals surface area contributed by atoms with E-state index in [-0.39, 0.29) is 5.91 Å². The summed E-state index contributed by atoms with van der Waals surface area (Å²) in [4.78, 5) is 12.9. The van der Waals surface area contributed by atoms with E-state index >= 15 is 0 Å². The average Bonchev–Trinajstić information content (AvgIpc) is 2.17. The van der Waals surface area contributed by atoms with Crippen molar-refractivity contribution >= 4 is 21.8 Å². The number of amides is 1. The van der Waals surface area contributed by atoms with Crippen LogP contribution in [0.25, 0.3) is 0 Å². The number of rotatable bonds is 2. The number of nitrogens with two attached hydrogens (primary N) is 1. The van der Waals surface area contributed by atoms with Gasteiger partial charge in [-0.05, 0) is 23.6 Å². The molecule has 0 saturated carbocycles. The van der Waals surface area contributed by atoms with Gasteiger partial charge in [0, 0.05) is 17.6 Å². The van der Waals surface area contributed by atoms with Crippen LogP contribution in [0.15, 0.2) is 22.7 Å². The molecule has 1 aromatic carbocycles. The molecule has 0 bridgehead atoms. The van der Waals surface area contributed by atoms with Crippen LogP contribution in [0.3, 0.4) is 0 Å². The van der Waals surface area contributed by atoms with Gasteiger partial charge in [0.15, 0.2) is 0 Å². The SMILES string of the molecule is NC(=O)CN1CCc2c(Br)cccc2C1. The van der Waals surface area contributed by atoms with Crippen LogP contribution in [0.4, 0.5) is 0 Å². The lowest BCUT2D eigenvalue weighted by atomic mass is 10.00. The third-order valence-corrected chi connectivity index (χ3v) is 3.41. The Hall–Kier alpha value is -0.870. The maximum Gasteiger partial charge on any atom is 0.231 e. The molecular weight excluding hydrogens is 256 g/mol. The molecule has 0 saturated heterocycles. The highest BCUT2D eigenvalue weighted by Crippen LogP contribution is 2.25. The smallest absolute Gasteiger partial charge is 0.231 e. The van der Waals surface area contributed by atoms with Crippen LogP contribution >= 0.6 is 15.9 Å². The van der Waals surface area contributed by atoms with Gasteiger partial charge in [0.25, 0.3) is 0 Å². The monoisotopic (exact) mass is 268 g/mol. The Kier molecular flexibility index (Phi) is 3.07. The number of carbonyl (C=O) groups excluding carboxylic acids is 1. The number of hydrogen-bond donors (Lipinski definition) is 1. The molecule has 0 aliphatic carbocycles. The highest BCUT2D eigenvalue weighted by Gasteiger charge is 2.18. The summed E-state index contributed by atoms with van der Waals surface area (Å²) in [6, 6.07) is 6.19.